The molecular weight excluding hydrogens is 609 g/mol. The van der Waals surface area contributed by atoms with Crippen LogP contribution in [-0.2, 0) is 16.1 Å². The maximum Gasteiger partial charge on any atom is 0.251 e. The Kier molecular flexibility index (Phi) is 8.90. The number of imidazole rings is 1. The summed E-state index contributed by atoms with van der Waals surface area (Å²) in [5, 5.41) is 11.9. The molecule has 11 nitrogen and oxygen atoms in total. The van der Waals surface area contributed by atoms with Crippen molar-refractivity contribution in [1.29, 1.82) is 0 Å². The molecule has 2 aromatic carbocycles. The highest BCUT2D eigenvalue weighted by atomic mass is 32.1. The molecular formula is C29H28N6O5S3. The van der Waals surface area contributed by atoms with Crippen LogP contribution in [0.5, 0.6) is 11.5 Å². The van der Waals surface area contributed by atoms with E-state index in [1.165, 1.54) is 34.0 Å². The van der Waals surface area contributed by atoms with Gasteiger partial charge in [0.15, 0.2) is 0 Å². The number of hydrogen-bond donors (Lipinski definition) is 1. The lowest BCUT2D eigenvalue weighted by Gasteiger charge is -2.08. The van der Waals surface area contributed by atoms with Crippen LogP contribution < -0.4 is 14.8 Å². The number of thiazole rings is 2. The Morgan fingerprint density at radius 2 is 1.86 bits per heavy atom. The molecule has 43 heavy (non-hydrogen) atoms. The Hall–Kier alpha value is -3.95. The lowest BCUT2D eigenvalue weighted by Crippen LogP contribution is -2.27. The molecule has 4 heterocycles. The van der Waals surface area contributed by atoms with Gasteiger partial charge in [-0.05, 0) is 19.1 Å². The number of ether oxygens (including phenoxy) is 4. The number of carbonyl (C=O) groups is 1. The quantitative estimate of drug-likeness (QED) is 0.164. The predicted octanol–water partition coefficient (Wildman–Crippen LogP) is 5.48. The van der Waals surface area contributed by atoms with Crippen molar-refractivity contribution in [2.24, 2.45) is 0 Å². The van der Waals surface area contributed by atoms with Crippen LogP contribution in [0.3, 0.4) is 0 Å². The zero-order valence-electron chi connectivity index (χ0n) is 23.7. The molecule has 0 aliphatic rings. The van der Waals surface area contributed by atoms with Crippen LogP contribution in [0.1, 0.15) is 21.1 Å². The second-order valence-corrected chi connectivity index (χ2v) is 12.4. The van der Waals surface area contributed by atoms with Gasteiger partial charge in [0, 0.05) is 42.3 Å². The summed E-state index contributed by atoms with van der Waals surface area (Å²) in [7, 11) is 3.24. The lowest BCUT2D eigenvalue weighted by molar-refractivity contribution is 0.0692. The monoisotopic (exact) mass is 636 g/mol. The second-order valence-electron chi connectivity index (χ2n) is 9.34. The van der Waals surface area contributed by atoms with Crippen molar-refractivity contribution < 1.29 is 23.7 Å². The van der Waals surface area contributed by atoms with Crippen molar-refractivity contribution in [2.75, 3.05) is 40.6 Å². The number of carbonyl (C=O) groups excluding carboxylic acids is 1. The molecule has 0 aliphatic heterocycles. The molecule has 0 saturated carbocycles. The Morgan fingerprint density at radius 1 is 1.00 bits per heavy atom. The second kappa shape index (κ2) is 13.1. The molecule has 6 aromatic rings. The number of rotatable bonds is 13. The van der Waals surface area contributed by atoms with Crippen LogP contribution in [-0.4, -0.2) is 71.1 Å². The van der Waals surface area contributed by atoms with Crippen LogP contribution in [0.4, 0.5) is 0 Å². The number of methoxy groups -OCH3 is 2. The molecule has 0 radical (unpaired) electrons. The summed E-state index contributed by atoms with van der Waals surface area (Å²) in [5.74, 6) is 1.18. The van der Waals surface area contributed by atoms with Crippen molar-refractivity contribution in [3.63, 3.8) is 0 Å². The van der Waals surface area contributed by atoms with Gasteiger partial charge in [0.25, 0.3) is 5.91 Å². The number of aryl methyl sites for hydroxylation is 1. The molecule has 0 fully saturated rings. The smallest absolute Gasteiger partial charge is 0.251 e. The molecule has 0 spiro atoms. The standard InChI is InChI=1S/C29H28N6O5S3/c1-17-34-35-14-23(33-29(35)42-17)28-32-22-12-21(38-3)13-24(25(22)43-28)40-15-20-16-41-27(31-20)19-6-4-18(5-7-19)26(36)30-8-9-39-11-10-37-2/h4-7,12-14,16H,8-11,15H2,1-3H3,(H,30,36). The van der Waals surface area contributed by atoms with Gasteiger partial charge in [0.1, 0.15) is 38.8 Å². The number of nitrogens with zero attached hydrogens (tertiary/aromatic N) is 5. The minimum Gasteiger partial charge on any atom is -0.497 e. The van der Waals surface area contributed by atoms with E-state index in [2.05, 4.69) is 10.4 Å². The third-order valence-corrected chi connectivity index (χ3v) is 9.20. The highest BCUT2D eigenvalue weighted by Gasteiger charge is 2.17. The molecule has 0 unspecified atom stereocenters. The van der Waals surface area contributed by atoms with E-state index in [0.29, 0.717) is 43.4 Å². The molecule has 1 N–H and O–H groups in total. The van der Waals surface area contributed by atoms with E-state index in [1.807, 2.05) is 42.8 Å². The van der Waals surface area contributed by atoms with Crippen LogP contribution >= 0.6 is 34.0 Å². The van der Waals surface area contributed by atoms with Gasteiger partial charge in [-0.1, -0.05) is 23.5 Å². The Labute approximate surface area is 259 Å². The average molecular weight is 637 g/mol. The first-order valence-corrected chi connectivity index (χ1v) is 15.9. The largest absolute Gasteiger partial charge is 0.497 e. The fourth-order valence-electron chi connectivity index (χ4n) is 4.22. The maximum absolute atomic E-state index is 12.4. The molecule has 1 amide bonds. The van der Waals surface area contributed by atoms with E-state index in [9.17, 15) is 4.79 Å². The van der Waals surface area contributed by atoms with E-state index < -0.39 is 0 Å². The summed E-state index contributed by atoms with van der Waals surface area (Å²) in [6.07, 6.45) is 1.89. The predicted molar refractivity (Wildman–Crippen MR) is 168 cm³/mol. The minimum atomic E-state index is -0.148. The van der Waals surface area contributed by atoms with Crippen molar-refractivity contribution in [2.45, 2.75) is 13.5 Å². The zero-order valence-corrected chi connectivity index (χ0v) is 26.1. The summed E-state index contributed by atoms with van der Waals surface area (Å²) in [4.78, 5) is 27.5. The highest BCUT2D eigenvalue weighted by Crippen LogP contribution is 2.39. The number of hydrogen-bond acceptors (Lipinski definition) is 12. The van der Waals surface area contributed by atoms with Gasteiger partial charge in [-0.15, -0.1) is 22.7 Å². The van der Waals surface area contributed by atoms with E-state index in [-0.39, 0.29) is 12.5 Å². The topological polar surface area (TPSA) is 122 Å². The number of benzene rings is 2. The first-order valence-electron chi connectivity index (χ1n) is 13.3. The first-order chi connectivity index (χ1) is 21.0. The Bertz CT molecular complexity index is 1830. The lowest BCUT2D eigenvalue weighted by atomic mass is 10.1. The van der Waals surface area contributed by atoms with Gasteiger partial charge in [-0.2, -0.15) is 5.10 Å². The molecule has 0 saturated heterocycles. The molecule has 222 valence electrons. The van der Waals surface area contributed by atoms with Gasteiger partial charge in [-0.3, -0.25) is 4.79 Å². The van der Waals surface area contributed by atoms with Gasteiger partial charge >= 0.3 is 0 Å². The molecule has 6 rings (SSSR count). The van der Waals surface area contributed by atoms with E-state index in [0.717, 1.165) is 47.2 Å². The Balaban J connectivity index is 1.11. The number of nitrogens with one attached hydrogen (secondary N) is 1. The summed E-state index contributed by atoms with van der Waals surface area (Å²) in [6.45, 7) is 4.14. The fourth-order valence-corrected chi connectivity index (χ4v) is 6.72. The van der Waals surface area contributed by atoms with E-state index >= 15 is 0 Å². The Morgan fingerprint density at radius 3 is 2.65 bits per heavy atom. The maximum atomic E-state index is 12.4. The molecule has 0 bridgehead atoms. The summed E-state index contributed by atoms with van der Waals surface area (Å²) >= 11 is 4.58. The van der Waals surface area contributed by atoms with Gasteiger partial charge in [-0.25, -0.2) is 19.5 Å². The number of fused-ring (bicyclic) bond motifs is 2. The van der Waals surface area contributed by atoms with E-state index in [1.54, 1.807) is 30.9 Å². The van der Waals surface area contributed by atoms with Crippen molar-refractivity contribution in [1.82, 2.24) is 29.9 Å². The fraction of sp³-hybridized carbons (Fsp3) is 0.276. The van der Waals surface area contributed by atoms with Crippen LogP contribution in [0.15, 0.2) is 48.0 Å². The van der Waals surface area contributed by atoms with Crippen molar-refractivity contribution in [3.8, 4) is 32.8 Å². The number of aromatic nitrogens is 5. The molecule has 14 heteroatoms. The first kappa shape index (κ1) is 29.1. The van der Waals surface area contributed by atoms with Gasteiger partial charge in [0.2, 0.25) is 4.96 Å². The van der Waals surface area contributed by atoms with Crippen LogP contribution in [0.25, 0.3) is 36.5 Å². The third kappa shape index (κ3) is 6.68. The van der Waals surface area contributed by atoms with Gasteiger partial charge in [0.05, 0.1) is 49.0 Å². The third-order valence-electron chi connectivity index (χ3n) is 6.31. The molecule has 0 atom stereocenters. The normalized spacial score (nSPS) is 11.4. The molecule has 0 aliphatic carbocycles. The SMILES string of the molecule is COCCOCCNC(=O)c1ccc(-c2nc(COc3cc(OC)cc4nc(-c5cn6nc(C)sc6n5)sc34)cs2)cc1. The van der Waals surface area contributed by atoms with Gasteiger partial charge < -0.3 is 24.3 Å². The van der Waals surface area contributed by atoms with Crippen molar-refractivity contribution in [3.05, 3.63) is 64.2 Å². The van der Waals surface area contributed by atoms with Crippen LogP contribution in [0, 0.1) is 6.92 Å². The van der Waals surface area contributed by atoms with Crippen molar-refractivity contribution >= 4 is 55.1 Å². The zero-order chi connectivity index (χ0) is 29.8. The average Bonchev–Trinajstić information content (AvgIpc) is 3.80. The minimum absolute atomic E-state index is 0.148. The van der Waals surface area contributed by atoms with E-state index in [4.69, 9.17) is 33.9 Å². The highest BCUT2D eigenvalue weighted by molar-refractivity contribution is 7.22. The summed E-state index contributed by atoms with van der Waals surface area (Å²) in [6, 6.07) is 11.1. The molecule has 4 aromatic heterocycles. The summed E-state index contributed by atoms with van der Waals surface area (Å²) < 4.78 is 24.8. The van der Waals surface area contributed by atoms with Crippen LogP contribution in [0.2, 0.25) is 0 Å². The summed E-state index contributed by atoms with van der Waals surface area (Å²) in [5.41, 5.74) is 3.84. The number of amides is 1.